The lowest BCUT2D eigenvalue weighted by atomic mass is 10.1. The van der Waals surface area contributed by atoms with Crippen molar-refractivity contribution in [2.24, 2.45) is 5.10 Å². The normalized spacial score (nSPS) is 10.3. The topological polar surface area (TPSA) is 132 Å². The molecule has 140 valence electrons. The Bertz CT molecular complexity index is 882. The molecule has 0 aliphatic heterocycles. The van der Waals surface area contributed by atoms with Crippen LogP contribution in [0.25, 0.3) is 0 Å². The fourth-order valence-electron chi connectivity index (χ4n) is 2.13. The van der Waals surface area contributed by atoms with Gasteiger partial charge >= 0.3 is 17.7 Å². The zero-order valence-corrected chi connectivity index (χ0v) is 14.5. The average Bonchev–Trinajstić information content (AvgIpc) is 2.62. The van der Waals surface area contributed by atoms with Crippen molar-refractivity contribution in [2.45, 2.75) is 6.92 Å². The molecule has 0 heterocycles. The number of urea groups is 1. The number of benzene rings is 2. The van der Waals surface area contributed by atoms with Gasteiger partial charge in [0.2, 0.25) is 5.75 Å². The Morgan fingerprint density at radius 2 is 1.89 bits per heavy atom. The summed E-state index contributed by atoms with van der Waals surface area (Å²) < 4.78 is 9.90. The molecule has 0 saturated heterocycles. The van der Waals surface area contributed by atoms with Crippen LogP contribution in [-0.2, 0) is 4.79 Å². The van der Waals surface area contributed by atoms with Gasteiger partial charge in [-0.3, -0.25) is 14.9 Å². The molecular weight excluding hydrogens is 356 g/mol. The summed E-state index contributed by atoms with van der Waals surface area (Å²) in [5.74, 6) is -0.972. The number of esters is 1. The van der Waals surface area contributed by atoms with Crippen molar-refractivity contribution in [1.82, 2.24) is 5.43 Å². The molecule has 0 atom stereocenters. The van der Waals surface area contributed by atoms with Gasteiger partial charge in [-0.25, -0.2) is 10.2 Å². The van der Waals surface area contributed by atoms with E-state index in [1.165, 1.54) is 19.2 Å². The Balaban J connectivity index is 2.19. The quantitative estimate of drug-likeness (QED) is 0.263. The van der Waals surface area contributed by atoms with Crippen molar-refractivity contribution in [1.29, 1.82) is 0 Å². The second kappa shape index (κ2) is 8.94. The smallest absolute Gasteiger partial charge is 0.339 e. The highest BCUT2D eigenvalue weighted by Crippen LogP contribution is 2.39. The highest BCUT2D eigenvalue weighted by Gasteiger charge is 2.25. The number of hydrogen-bond acceptors (Lipinski definition) is 7. The fraction of sp³-hybridized carbons (Fsp3) is 0.118. The molecule has 2 aromatic carbocycles. The highest BCUT2D eigenvalue weighted by molar-refractivity contribution is 5.92. The molecule has 0 radical (unpaired) electrons. The summed E-state index contributed by atoms with van der Waals surface area (Å²) in [5.41, 5.74) is 2.35. The van der Waals surface area contributed by atoms with Crippen LogP contribution >= 0.6 is 0 Å². The van der Waals surface area contributed by atoms with E-state index in [9.17, 15) is 19.7 Å². The van der Waals surface area contributed by atoms with Gasteiger partial charge < -0.3 is 14.8 Å². The Morgan fingerprint density at radius 3 is 2.48 bits per heavy atom. The highest BCUT2D eigenvalue weighted by atomic mass is 16.6. The molecule has 0 bridgehead atoms. The van der Waals surface area contributed by atoms with Gasteiger partial charge in [-0.2, -0.15) is 5.10 Å². The lowest BCUT2D eigenvalue weighted by molar-refractivity contribution is -0.385. The number of methoxy groups -OCH3 is 1. The summed E-state index contributed by atoms with van der Waals surface area (Å²) in [7, 11) is 1.21. The number of nitro benzene ring substituents is 1. The van der Waals surface area contributed by atoms with Gasteiger partial charge in [0, 0.05) is 12.6 Å². The van der Waals surface area contributed by atoms with Crippen LogP contribution in [0.5, 0.6) is 11.5 Å². The minimum absolute atomic E-state index is 0.0489. The molecule has 2 N–H and O–H groups in total. The number of carbonyl (C=O) groups is 2. The minimum atomic E-state index is -0.697. The second-order valence-corrected chi connectivity index (χ2v) is 5.08. The molecular formula is C17H16N4O6. The third-order valence-corrected chi connectivity index (χ3v) is 3.17. The number of carbonyl (C=O) groups excluding carboxylic acids is 2. The number of anilines is 1. The molecule has 0 unspecified atom stereocenters. The number of para-hydroxylation sites is 1. The number of nitro groups is 1. The molecule has 2 aromatic rings. The first-order valence-electron chi connectivity index (χ1n) is 7.61. The number of ether oxygens (including phenoxy) is 2. The maximum absolute atomic E-state index is 11.8. The molecule has 0 spiro atoms. The summed E-state index contributed by atoms with van der Waals surface area (Å²) in [6.07, 6.45) is 1.09. The predicted molar refractivity (Wildman–Crippen MR) is 97.1 cm³/mol. The molecule has 10 nitrogen and oxygen atoms in total. The number of amides is 2. The SMILES string of the molecule is COc1c(OC(C)=O)ccc(/C=N/NC(=O)Nc2ccccc2)c1[N+](=O)[O-]. The van der Waals surface area contributed by atoms with Crippen LogP contribution < -0.4 is 20.2 Å². The number of hydrazone groups is 1. The van der Waals surface area contributed by atoms with Crippen molar-refractivity contribution in [2.75, 3.05) is 12.4 Å². The van der Waals surface area contributed by atoms with Gasteiger partial charge in [0.15, 0.2) is 5.75 Å². The van der Waals surface area contributed by atoms with Crippen molar-refractivity contribution >= 4 is 29.6 Å². The Morgan fingerprint density at radius 1 is 1.19 bits per heavy atom. The van der Waals surface area contributed by atoms with Crippen LogP contribution in [0.1, 0.15) is 12.5 Å². The van der Waals surface area contributed by atoms with Crippen molar-refractivity contribution < 1.29 is 24.0 Å². The van der Waals surface area contributed by atoms with Crippen LogP contribution in [-0.4, -0.2) is 30.2 Å². The van der Waals surface area contributed by atoms with Crippen LogP contribution in [0, 0.1) is 10.1 Å². The van der Waals surface area contributed by atoms with Gasteiger partial charge in [0.05, 0.1) is 23.8 Å². The van der Waals surface area contributed by atoms with Crippen LogP contribution in [0.3, 0.4) is 0 Å². The summed E-state index contributed by atoms with van der Waals surface area (Å²) in [6, 6.07) is 10.7. The maximum Gasteiger partial charge on any atom is 0.339 e. The zero-order valence-electron chi connectivity index (χ0n) is 14.5. The molecule has 0 fully saturated rings. The van der Waals surface area contributed by atoms with Gasteiger partial charge in [-0.15, -0.1) is 0 Å². The van der Waals surface area contributed by atoms with E-state index in [1.54, 1.807) is 30.3 Å². The van der Waals surface area contributed by atoms with E-state index in [-0.39, 0.29) is 17.1 Å². The summed E-state index contributed by atoms with van der Waals surface area (Å²) >= 11 is 0. The van der Waals surface area contributed by atoms with E-state index in [2.05, 4.69) is 15.8 Å². The van der Waals surface area contributed by atoms with E-state index in [0.717, 1.165) is 13.1 Å². The number of nitrogens with one attached hydrogen (secondary N) is 2. The first-order valence-corrected chi connectivity index (χ1v) is 7.61. The van der Waals surface area contributed by atoms with Gasteiger partial charge in [0.1, 0.15) is 0 Å². The monoisotopic (exact) mass is 372 g/mol. The minimum Gasteiger partial charge on any atom is -0.488 e. The van der Waals surface area contributed by atoms with E-state index in [0.29, 0.717) is 5.69 Å². The second-order valence-electron chi connectivity index (χ2n) is 5.08. The van der Waals surface area contributed by atoms with Crippen LogP contribution in [0.4, 0.5) is 16.2 Å². The van der Waals surface area contributed by atoms with Crippen molar-refractivity contribution in [3.05, 3.63) is 58.1 Å². The first-order chi connectivity index (χ1) is 12.9. The largest absolute Gasteiger partial charge is 0.488 e. The number of hydrogen-bond donors (Lipinski definition) is 2. The standard InChI is InChI=1S/C17H16N4O6/c1-11(22)27-14-9-8-12(15(21(24)25)16(14)26-2)10-18-20-17(23)19-13-6-4-3-5-7-13/h3-10H,1-2H3,(H2,19,20,23)/b18-10+. The average molecular weight is 372 g/mol. The molecule has 0 saturated carbocycles. The Hall–Kier alpha value is -3.95. The predicted octanol–water partition coefficient (Wildman–Crippen LogP) is 2.68. The molecule has 10 heteroatoms. The third-order valence-electron chi connectivity index (χ3n) is 3.17. The molecule has 0 aliphatic rings. The number of rotatable bonds is 6. The van der Waals surface area contributed by atoms with E-state index < -0.39 is 22.6 Å². The molecule has 0 aliphatic carbocycles. The lowest BCUT2D eigenvalue weighted by Crippen LogP contribution is -2.24. The molecule has 0 aromatic heterocycles. The Kier molecular flexibility index (Phi) is 6.42. The molecule has 27 heavy (non-hydrogen) atoms. The molecule has 2 amide bonds. The third kappa shape index (κ3) is 5.26. The zero-order chi connectivity index (χ0) is 19.8. The summed E-state index contributed by atoms with van der Waals surface area (Å²) in [4.78, 5) is 33.6. The molecule has 2 rings (SSSR count). The van der Waals surface area contributed by atoms with Gasteiger partial charge in [0.25, 0.3) is 0 Å². The van der Waals surface area contributed by atoms with Crippen LogP contribution in [0.2, 0.25) is 0 Å². The fourth-order valence-corrected chi connectivity index (χ4v) is 2.13. The first kappa shape index (κ1) is 19.4. The van der Waals surface area contributed by atoms with E-state index >= 15 is 0 Å². The summed E-state index contributed by atoms with van der Waals surface area (Å²) in [5, 5.41) is 17.6. The van der Waals surface area contributed by atoms with Crippen molar-refractivity contribution in [3.8, 4) is 11.5 Å². The Labute approximate surface area is 153 Å². The van der Waals surface area contributed by atoms with Gasteiger partial charge in [-0.05, 0) is 24.3 Å². The number of nitrogens with zero attached hydrogens (tertiary/aromatic N) is 2. The maximum atomic E-state index is 11.8. The lowest BCUT2D eigenvalue weighted by Gasteiger charge is -2.09. The van der Waals surface area contributed by atoms with E-state index in [4.69, 9.17) is 9.47 Å². The summed E-state index contributed by atoms with van der Waals surface area (Å²) in [6.45, 7) is 1.16. The van der Waals surface area contributed by atoms with Gasteiger partial charge in [-0.1, -0.05) is 18.2 Å². The van der Waals surface area contributed by atoms with Crippen molar-refractivity contribution in [3.63, 3.8) is 0 Å². The van der Waals surface area contributed by atoms with E-state index in [1.807, 2.05) is 0 Å². The van der Waals surface area contributed by atoms with Crippen LogP contribution in [0.15, 0.2) is 47.6 Å².